The van der Waals surface area contributed by atoms with Gasteiger partial charge in [-0.1, -0.05) is 25.1 Å². The van der Waals surface area contributed by atoms with E-state index in [0.29, 0.717) is 0 Å². The van der Waals surface area contributed by atoms with E-state index >= 15 is 0 Å². The van der Waals surface area contributed by atoms with Gasteiger partial charge in [0.1, 0.15) is 5.75 Å². The van der Waals surface area contributed by atoms with Crippen molar-refractivity contribution in [3.63, 3.8) is 0 Å². The van der Waals surface area contributed by atoms with Crippen LogP contribution in [0.4, 0.5) is 0 Å². The van der Waals surface area contributed by atoms with Gasteiger partial charge >= 0.3 is 0 Å². The van der Waals surface area contributed by atoms with Crippen LogP contribution in [0, 0.1) is 0 Å². The van der Waals surface area contributed by atoms with Crippen molar-refractivity contribution in [2.24, 2.45) is 5.73 Å². The van der Waals surface area contributed by atoms with Crippen LogP contribution in [-0.2, 0) is 0 Å². The third-order valence-electron chi connectivity index (χ3n) is 4.69. The van der Waals surface area contributed by atoms with Gasteiger partial charge in [-0.05, 0) is 45.3 Å². The van der Waals surface area contributed by atoms with Crippen LogP contribution in [0.1, 0.15) is 44.7 Å². The summed E-state index contributed by atoms with van der Waals surface area (Å²) in [4.78, 5) is 2.55. The zero-order chi connectivity index (χ0) is 13.9. The fraction of sp³-hybridized carbons (Fsp3) is 0.625. The summed E-state index contributed by atoms with van der Waals surface area (Å²) < 4.78 is 5.47. The highest BCUT2D eigenvalue weighted by Crippen LogP contribution is 2.38. The molecular weight excluding hydrogens is 236 g/mol. The first-order valence-electron chi connectivity index (χ1n) is 7.27. The first-order valence-corrected chi connectivity index (χ1v) is 7.27. The lowest BCUT2D eigenvalue weighted by Crippen LogP contribution is -2.51. The standard InChI is InChI=1S/C16H26N2O/c1-4-16(2,18-11-7-8-12-18)15(17)13-9-5-6-10-14(13)19-3/h5-6,9-10,15H,4,7-8,11-12,17H2,1-3H3. The number of para-hydroxylation sites is 1. The van der Waals surface area contributed by atoms with E-state index in [1.54, 1.807) is 7.11 Å². The molecule has 1 aliphatic rings. The highest BCUT2D eigenvalue weighted by atomic mass is 16.5. The summed E-state index contributed by atoms with van der Waals surface area (Å²) in [5.74, 6) is 0.897. The number of nitrogens with zero attached hydrogens (tertiary/aromatic N) is 1. The van der Waals surface area contributed by atoms with Crippen molar-refractivity contribution in [2.75, 3.05) is 20.2 Å². The van der Waals surface area contributed by atoms with Gasteiger partial charge in [-0.3, -0.25) is 4.90 Å². The van der Waals surface area contributed by atoms with Crippen LogP contribution < -0.4 is 10.5 Å². The molecule has 1 aliphatic heterocycles. The number of ether oxygens (including phenoxy) is 1. The van der Waals surface area contributed by atoms with E-state index in [-0.39, 0.29) is 11.6 Å². The average Bonchev–Trinajstić information content (AvgIpc) is 3.00. The van der Waals surface area contributed by atoms with E-state index in [0.717, 1.165) is 30.8 Å². The molecular formula is C16H26N2O. The Balaban J connectivity index is 2.31. The van der Waals surface area contributed by atoms with E-state index in [9.17, 15) is 0 Å². The monoisotopic (exact) mass is 262 g/mol. The van der Waals surface area contributed by atoms with Crippen molar-refractivity contribution < 1.29 is 4.74 Å². The molecule has 0 bridgehead atoms. The van der Waals surface area contributed by atoms with Crippen LogP contribution >= 0.6 is 0 Å². The molecule has 0 radical (unpaired) electrons. The number of nitrogens with two attached hydrogens (primary N) is 1. The van der Waals surface area contributed by atoms with Gasteiger partial charge in [0.2, 0.25) is 0 Å². The molecule has 106 valence electrons. The summed E-state index contributed by atoms with van der Waals surface area (Å²) in [6.07, 6.45) is 3.62. The summed E-state index contributed by atoms with van der Waals surface area (Å²) in [7, 11) is 1.71. The van der Waals surface area contributed by atoms with E-state index in [4.69, 9.17) is 10.5 Å². The van der Waals surface area contributed by atoms with E-state index in [1.165, 1.54) is 12.8 Å². The molecule has 2 unspecified atom stereocenters. The van der Waals surface area contributed by atoms with Crippen LogP contribution in [0.25, 0.3) is 0 Å². The fourth-order valence-electron chi connectivity index (χ4n) is 3.13. The number of hydrogen-bond acceptors (Lipinski definition) is 3. The molecule has 0 amide bonds. The van der Waals surface area contributed by atoms with Crippen LogP contribution in [0.3, 0.4) is 0 Å². The second kappa shape index (κ2) is 5.93. The SMILES string of the molecule is CCC(C)(C(N)c1ccccc1OC)N1CCCC1. The van der Waals surface area contributed by atoms with Gasteiger partial charge in [0.05, 0.1) is 13.2 Å². The summed E-state index contributed by atoms with van der Waals surface area (Å²) in [5, 5.41) is 0. The predicted molar refractivity (Wildman–Crippen MR) is 79.4 cm³/mol. The number of rotatable bonds is 5. The van der Waals surface area contributed by atoms with Crippen molar-refractivity contribution in [2.45, 2.75) is 44.7 Å². The maximum absolute atomic E-state index is 6.62. The minimum absolute atomic E-state index is 0.00509. The zero-order valence-electron chi connectivity index (χ0n) is 12.4. The molecule has 0 aliphatic carbocycles. The van der Waals surface area contributed by atoms with Gasteiger partial charge in [0.25, 0.3) is 0 Å². The van der Waals surface area contributed by atoms with Gasteiger partial charge in [-0.2, -0.15) is 0 Å². The van der Waals surface area contributed by atoms with E-state index < -0.39 is 0 Å². The van der Waals surface area contributed by atoms with Gasteiger partial charge in [-0.15, -0.1) is 0 Å². The molecule has 0 spiro atoms. The largest absolute Gasteiger partial charge is 0.496 e. The van der Waals surface area contributed by atoms with Crippen LogP contribution in [0.5, 0.6) is 5.75 Å². The lowest BCUT2D eigenvalue weighted by atomic mass is 9.83. The molecule has 0 aromatic heterocycles. The first-order chi connectivity index (χ1) is 9.13. The third kappa shape index (κ3) is 2.63. The molecule has 1 saturated heterocycles. The van der Waals surface area contributed by atoms with Crippen molar-refractivity contribution in [1.82, 2.24) is 4.90 Å². The zero-order valence-corrected chi connectivity index (χ0v) is 12.4. The molecule has 1 aromatic carbocycles. The van der Waals surface area contributed by atoms with Gasteiger partial charge in [0, 0.05) is 11.1 Å². The second-order valence-electron chi connectivity index (χ2n) is 5.62. The molecule has 3 heteroatoms. The molecule has 1 heterocycles. The minimum Gasteiger partial charge on any atom is -0.496 e. The normalized spacial score (nSPS) is 21.1. The summed E-state index contributed by atoms with van der Waals surface area (Å²) in [6, 6.07) is 8.10. The summed E-state index contributed by atoms with van der Waals surface area (Å²) in [5.41, 5.74) is 7.74. The molecule has 2 rings (SSSR count). The molecule has 3 nitrogen and oxygen atoms in total. The molecule has 2 N–H and O–H groups in total. The topological polar surface area (TPSA) is 38.5 Å². The quantitative estimate of drug-likeness (QED) is 0.886. The Morgan fingerprint density at radius 3 is 2.53 bits per heavy atom. The van der Waals surface area contributed by atoms with Crippen molar-refractivity contribution in [1.29, 1.82) is 0 Å². The van der Waals surface area contributed by atoms with E-state index in [2.05, 4.69) is 24.8 Å². The number of hydrogen-bond donors (Lipinski definition) is 1. The predicted octanol–water partition coefficient (Wildman–Crippen LogP) is 2.96. The Morgan fingerprint density at radius 2 is 1.95 bits per heavy atom. The van der Waals surface area contributed by atoms with Gasteiger partial charge < -0.3 is 10.5 Å². The lowest BCUT2D eigenvalue weighted by molar-refractivity contribution is 0.0989. The highest BCUT2D eigenvalue weighted by Gasteiger charge is 2.39. The minimum atomic E-state index is -0.0215. The molecule has 2 atom stereocenters. The smallest absolute Gasteiger partial charge is 0.123 e. The maximum Gasteiger partial charge on any atom is 0.123 e. The fourth-order valence-corrected chi connectivity index (χ4v) is 3.13. The highest BCUT2D eigenvalue weighted by molar-refractivity contribution is 5.37. The van der Waals surface area contributed by atoms with Gasteiger partial charge in [0.15, 0.2) is 0 Å². The Labute approximate surface area is 116 Å². The summed E-state index contributed by atoms with van der Waals surface area (Å²) >= 11 is 0. The molecule has 1 fully saturated rings. The van der Waals surface area contributed by atoms with Crippen molar-refractivity contribution >= 4 is 0 Å². The number of likely N-dealkylation sites (tertiary alicyclic amines) is 1. The molecule has 0 saturated carbocycles. The lowest BCUT2D eigenvalue weighted by Gasteiger charge is -2.43. The summed E-state index contributed by atoms with van der Waals surface area (Å²) in [6.45, 7) is 6.84. The number of benzene rings is 1. The average molecular weight is 262 g/mol. The second-order valence-corrected chi connectivity index (χ2v) is 5.62. The van der Waals surface area contributed by atoms with Crippen LogP contribution in [0.2, 0.25) is 0 Å². The van der Waals surface area contributed by atoms with Crippen molar-refractivity contribution in [3.8, 4) is 5.75 Å². The van der Waals surface area contributed by atoms with E-state index in [1.807, 2.05) is 18.2 Å². The van der Waals surface area contributed by atoms with Gasteiger partial charge in [-0.25, -0.2) is 0 Å². The number of methoxy groups -OCH3 is 1. The molecule has 1 aromatic rings. The molecule has 19 heavy (non-hydrogen) atoms. The van der Waals surface area contributed by atoms with Crippen molar-refractivity contribution in [3.05, 3.63) is 29.8 Å². The van der Waals surface area contributed by atoms with Crippen LogP contribution in [0.15, 0.2) is 24.3 Å². The Hall–Kier alpha value is -1.06. The Morgan fingerprint density at radius 1 is 1.32 bits per heavy atom. The van der Waals surface area contributed by atoms with Crippen LogP contribution in [-0.4, -0.2) is 30.6 Å². The Kier molecular flexibility index (Phi) is 4.48. The Bertz CT molecular complexity index is 415. The first kappa shape index (κ1) is 14.4. The maximum atomic E-state index is 6.62. The third-order valence-corrected chi connectivity index (χ3v) is 4.69.